The standard InChI is InChI=1S/C20H22BrClN2O2S/c1-14(20(26)23-2)24(11-15-6-5-8-17(21)10-15)19(25)13-27-12-16-7-3-4-9-18(16)22/h3-10,14H,11-13H2,1-2H3,(H,23,26)/t14-/m1/s1. The maximum Gasteiger partial charge on any atom is 0.242 e. The number of carbonyl (C=O) groups excluding carboxylic acids is 2. The molecule has 0 radical (unpaired) electrons. The first-order valence-electron chi connectivity index (χ1n) is 8.49. The first-order chi connectivity index (χ1) is 12.9. The van der Waals surface area contributed by atoms with Gasteiger partial charge in [0.05, 0.1) is 5.75 Å². The monoisotopic (exact) mass is 468 g/mol. The maximum absolute atomic E-state index is 12.8. The van der Waals surface area contributed by atoms with Crippen molar-refractivity contribution in [3.05, 3.63) is 69.2 Å². The van der Waals surface area contributed by atoms with Gasteiger partial charge in [-0.15, -0.1) is 11.8 Å². The van der Waals surface area contributed by atoms with Gasteiger partial charge < -0.3 is 10.2 Å². The van der Waals surface area contributed by atoms with Crippen LogP contribution in [0.1, 0.15) is 18.1 Å². The summed E-state index contributed by atoms with van der Waals surface area (Å²) in [5, 5.41) is 3.32. The van der Waals surface area contributed by atoms with Crippen LogP contribution in [0.3, 0.4) is 0 Å². The number of thioether (sulfide) groups is 1. The molecule has 27 heavy (non-hydrogen) atoms. The second-order valence-electron chi connectivity index (χ2n) is 6.03. The highest BCUT2D eigenvalue weighted by atomic mass is 79.9. The number of benzene rings is 2. The van der Waals surface area contributed by atoms with E-state index in [4.69, 9.17) is 11.6 Å². The maximum atomic E-state index is 12.8. The SMILES string of the molecule is CNC(=O)[C@@H](C)N(Cc1cccc(Br)c1)C(=O)CSCc1ccccc1Cl. The van der Waals surface area contributed by atoms with E-state index >= 15 is 0 Å². The molecule has 0 saturated carbocycles. The van der Waals surface area contributed by atoms with Gasteiger partial charge in [0, 0.05) is 28.8 Å². The third-order valence-electron chi connectivity index (χ3n) is 4.10. The summed E-state index contributed by atoms with van der Waals surface area (Å²) in [4.78, 5) is 26.6. The average Bonchev–Trinajstić information content (AvgIpc) is 2.66. The second-order valence-corrected chi connectivity index (χ2v) is 8.33. The number of nitrogens with zero attached hydrogens (tertiary/aromatic N) is 1. The van der Waals surface area contributed by atoms with E-state index in [-0.39, 0.29) is 17.6 Å². The lowest BCUT2D eigenvalue weighted by Crippen LogP contribution is -2.47. The second kappa shape index (κ2) is 10.7. The molecule has 0 aliphatic rings. The van der Waals surface area contributed by atoms with E-state index in [0.717, 1.165) is 15.6 Å². The van der Waals surface area contributed by atoms with Crippen LogP contribution in [0.4, 0.5) is 0 Å². The van der Waals surface area contributed by atoms with Gasteiger partial charge in [-0.3, -0.25) is 9.59 Å². The number of hydrogen-bond donors (Lipinski definition) is 1. The molecule has 0 aliphatic heterocycles. The molecule has 1 N–H and O–H groups in total. The Balaban J connectivity index is 2.06. The predicted molar refractivity (Wildman–Crippen MR) is 116 cm³/mol. The summed E-state index contributed by atoms with van der Waals surface area (Å²) in [7, 11) is 1.58. The van der Waals surface area contributed by atoms with Crippen molar-refractivity contribution in [3.63, 3.8) is 0 Å². The van der Waals surface area contributed by atoms with E-state index in [1.807, 2.05) is 48.5 Å². The zero-order chi connectivity index (χ0) is 19.8. The molecule has 0 aromatic heterocycles. The number of nitrogens with one attached hydrogen (secondary N) is 1. The zero-order valence-corrected chi connectivity index (χ0v) is 18.4. The summed E-state index contributed by atoms with van der Waals surface area (Å²) in [5.74, 6) is 0.656. The Morgan fingerprint density at radius 3 is 2.63 bits per heavy atom. The van der Waals surface area contributed by atoms with Gasteiger partial charge in [0.2, 0.25) is 11.8 Å². The minimum atomic E-state index is -0.553. The van der Waals surface area contributed by atoms with Crippen LogP contribution >= 0.6 is 39.3 Å². The molecule has 144 valence electrons. The van der Waals surface area contributed by atoms with Gasteiger partial charge in [0.15, 0.2) is 0 Å². The van der Waals surface area contributed by atoms with Gasteiger partial charge in [-0.1, -0.05) is 57.9 Å². The minimum absolute atomic E-state index is 0.0804. The molecule has 0 aliphatic carbocycles. The molecule has 2 rings (SSSR count). The molecule has 0 fully saturated rings. The summed E-state index contributed by atoms with van der Waals surface area (Å²) in [5.41, 5.74) is 1.96. The topological polar surface area (TPSA) is 49.4 Å². The first kappa shape index (κ1) is 21.8. The van der Waals surface area contributed by atoms with Crippen LogP contribution in [0.15, 0.2) is 53.0 Å². The molecule has 0 unspecified atom stereocenters. The van der Waals surface area contributed by atoms with Crippen molar-refractivity contribution in [3.8, 4) is 0 Å². The molecule has 2 aromatic carbocycles. The van der Waals surface area contributed by atoms with E-state index in [2.05, 4.69) is 21.2 Å². The number of rotatable bonds is 8. The molecule has 0 spiro atoms. The van der Waals surface area contributed by atoms with Crippen LogP contribution in [0.5, 0.6) is 0 Å². The summed E-state index contributed by atoms with van der Waals surface area (Å²) < 4.78 is 0.938. The van der Waals surface area contributed by atoms with Crippen molar-refractivity contribution in [1.29, 1.82) is 0 Å². The number of carbonyl (C=O) groups is 2. The molecular weight excluding hydrogens is 448 g/mol. The smallest absolute Gasteiger partial charge is 0.242 e. The van der Waals surface area contributed by atoms with Crippen LogP contribution in [-0.2, 0) is 21.9 Å². The fraction of sp³-hybridized carbons (Fsp3) is 0.300. The third-order valence-corrected chi connectivity index (χ3v) is 5.92. The van der Waals surface area contributed by atoms with E-state index < -0.39 is 6.04 Å². The van der Waals surface area contributed by atoms with Crippen LogP contribution in [-0.4, -0.2) is 35.6 Å². The molecule has 2 aromatic rings. The van der Waals surface area contributed by atoms with Crippen LogP contribution in [0.2, 0.25) is 5.02 Å². The van der Waals surface area contributed by atoms with Gasteiger partial charge in [-0.05, 0) is 36.2 Å². The number of likely N-dealkylation sites (N-methyl/N-ethyl adjacent to an activating group) is 1. The molecule has 2 amide bonds. The van der Waals surface area contributed by atoms with Gasteiger partial charge in [0.25, 0.3) is 0 Å². The lowest BCUT2D eigenvalue weighted by molar-refractivity contribution is -0.138. The number of hydrogen-bond acceptors (Lipinski definition) is 3. The van der Waals surface area contributed by atoms with Gasteiger partial charge in [-0.25, -0.2) is 0 Å². The highest BCUT2D eigenvalue weighted by Crippen LogP contribution is 2.22. The fourth-order valence-electron chi connectivity index (χ4n) is 2.57. The van der Waals surface area contributed by atoms with Crippen LogP contribution < -0.4 is 5.32 Å². The van der Waals surface area contributed by atoms with Crippen molar-refractivity contribution in [1.82, 2.24) is 10.2 Å². The van der Waals surface area contributed by atoms with Gasteiger partial charge >= 0.3 is 0 Å². The van der Waals surface area contributed by atoms with E-state index in [1.165, 1.54) is 11.8 Å². The molecule has 0 saturated heterocycles. The molecule has 1 atom stereocenters. The largest absolute Gasteiger partial charge is 0.357 e. The highest BCUT2D eigenvalue weighted by Gasteiger charge is 2.25. The number of halogens is 2. The van der Waals surface area contributed by atoms with Crippen LogP contribution in [0, 0.1) is 0 Å². The summed E-state index contributed by atoms with van der Waals surface area (Å²) in [6.07, 6.45) is 0. The Morgan fingerprint density at radius 1 is 1.22 bits per heavy atom. The molecule has 7 heteroatoms. The van der Waals surface area contributed by atoms with Gasteiger partial charge in [0.1, 0.15) is 6.04 Å². The Labute approximate surface area is 177 Å². The fourth-order valence-corrected chi connectivity index (χ4v) is 4.21. The normalized spacial score (nSPS) is 11.7. The van der Waals surface area contributed by atoms with Crippen molar-refractivity contribution < 1.29 is 9.59 Å². The number of amides is 2. The Hall–Kier alpha value is -1.50. The average molecular weight is 470 g/mol. The van der Waals surface area contributed by atoms with E-state index in [9.17, 15) is 9.59 Å². The molecule has 0 bridgehead atoms. The van der Waals surface area contributed by atoms with Crippen molar-refractivity contribution in [2.24, 2.45) is 0 Å². The Morgan fingerprint density at radius 2 is 1.96 bits per heavy atom. The third kappa shape index (κ3) is 6.55. The molecular formula is C20H22BrClN2O2S. The van der Waals surface area contributed by atoms with Crippen molar-refractivity contribution in [2.45, 2.75) is 25.3 Å². The van der Waals surface area contributed by atoms with Gasteiger partial charge in [-0.2, -0.15) is 0 Å². The van der Waals surface area contributed by atoms with E-state index in [0.29, 0.717) is 17.3 Å². The lowest BCUT2D eigenvalue weighted by atomic mass is 10.1. The highest BCUT2D eigenvalue weighted by molar-refractivity contribution is 9.10. The van der Waals surface area contributed by atoms with Crippen LogP contribution in [0.25, 0.3) is 0 Å². The first-order valence-corrected chi connectivity index (χ1v) is 10.8. The Kier molecular flexibility index (Phi) is 8.67. The van der Waals surface area contributed by atoms with Crippen molar-refractivity contribution >= 4 is 51.1 Å². The quantitative estimate of drug-likeness (QED) is 0.619. The van der Waals surface area contributed by atoms with Crippen molar-refractivity contribution in [2.75, 3.05) is 12.8 Å². The predicted octanol–water partition coefficient (Wildman–Crippen LogP) is 4.50. The zero-order valence-electron chi connectivity index (χ0n) is 15.2. The Bertz CT molecular complexity index is 803. The lowest BCUT2D eigenvalue weighted by Gasteiger charge is -2.28. The summed E-state index contributed by atoms with van der Waals surface area (Å²) >= 11 is 11.1. The summed E-state index contributed by atoms with van der Waals surface area (Å²) in [6.45, 7) is 2.12. The molecule has 4 nitrogen and oxygen atoms in total. The molecule has 0 heterocycles. The summed E-state index contributed by atoms with van der Waals surface area (Å²) in [6, 6.07) is 14.8. The van der Waals surface area contributed by atoms with E-state index in [1.54, 1.807) is 18.9 Å². The minimum Gasteiger partial charge on any atom is -0.357 e.